The van der Waals surface area contributed by atoms with Crippen LogP contribution in [-0.2, 0) is 0 Å². The third kappa shape index (κ3) is 3.51. The minimum atomic E-state index is -1.07. The van der Waals surface area contributed by atoms with Crippen molar-refractivity contribution in [3.8, 4) is 0 Å². The van der Waals surface area contributed by atoms with Gasteiger partial charge in [-0.25, -0.2) is 14.8 Å². The third-order valence-corrected chi connectivity index (χ3v) is 1.63. The van der Waals surface area contributed by atoms with Crippen LogP contribution in [0.15, 0.2) is 18.3 Å². The molecular weight excluding hydrogens is 220 g/mol. The molecule has 0 spiro atoms. The Morgan fingerprint density at radius 2 is 2.40 bits per heavy atom. The zero-order valence-electron chi connectivity index (χ0n) is 8.17. The molecule has 0 saturated carbocycles. The van der Waals surface area contributed by atoms with Gasteiger partial charge in [-0.1, -0.05) is 0 Å². The van der Waals surface area contributed by atoms with Gasteiger partial charge in [-0.15, -0.1) is 12.4 Å². The molecule has 1 aromatic heterocycles. The number of hydrazine groups is 1. The van der Waals surface area contributed by atoms with Gasteiger partial charge in [-0.05, 0) is 19.1 Å². The van der Waals surface area contributed by atoms with Crippen LogP contribution in [0.1, 0.15) is 6.92 Å². The molecule has 0 aliphatic carbocycles. The Labute approximate surface area is 93.5 Å². The fourth-order valence-electron chi connectivity index (χ4n) is 0.901. The number of hydrogen-bond donors (Lipinski definition) is 3. The molecule has 0 aromatic carbocycles. The lowest BCUT2D eigenvalue weighted by Crippen LogP contribution is -2.35. The number of rotatable bonds is 3. The van der Waals surface area contributed by atoms with Crippen LogP contribution < -0.4 is 11.2 Å². The summed E-state index contributed by atoms with van der Waals surface area (Å²) >= 11 is 0. The highest BCUT2D eigenvalue weighted by atomic mass is 35.5. The second-order valence-electron chi connectivity index (χ2n) is 2.58. The van der Waals surface area contributed by atoms with Gasteiger partial charge in [0.1, 0.15) is 0 Å². The fourth-order valence-corrected chi connectivity index (χ4v) is 0.901. The quantitative estimate of drug-likeness (QED) is 0.686. The summed E-state index contributed by atoms with van der Waals surface area (Å²) in [5.74, 6) is 0.344. The van der Waals surface area contributed by atoms with Crippen molar-refractivity contribution in [2.45, 2.75) is 6.92 Å². The molecule has 0 aliphatic heterocycles. The SMILES string of the molecule is CCN(Nc1ncccc1N)C(=O)O.Cl. The molecule has 0 unspecified atom stereocenters. The molecule has 0 aliphatic rings. The van der Waals surface area contributed by atoms with Crippen LogP contribution >= 0.6 is 12.4 Å². The predicted molar refractivity (Wildman–Crippen MR) is 59.9 cm³/mol. The van der Waals surface area contributed by atoms with Crippen LogP contribution in [0.4, 0.5) is 16.3 Å². The maximum Gasteiger partial charge on any atom is 0.426 e. The van der Waals surface area contributed by atoms with Gasteiger partial charge in [-0.2, -0.15) is 0 Å². The molecule has 6 nitrogen and oxygen atoms in total. The van der Waals surface area contributed by atoms with E-state index in [2.05, 4.69) is 10.4 Å². The van der Waals surface area contributed by atoms with Crippen LogP contribution in [-0.4, -0.2) is 27.7 Å². The summed E-state index contributed by atoms with van der Waals surface area (Å²) in [5.41, 5.74) is 8.58. The summed E-state index contributed by atoms with van der Waals surface area (Å²) in [6, 6.07) is 3.32. The van der Waals surface area contributed by atoms with Gasteiger partial charge >= 0.3 is 6.09 Å². The normalized spacial score (nSPS) is 8.87. The summed E-state index contributed by atoms with van der Waals surface area (Å²) in [5, 5.41) is 9.72. The zero-order chi connectivity index (χ0) is 10.6. The smallest absolute Gasteiger partial charge is 0.426 e. The van der Waals surface area contributed by atoms with Crippen molar-refractivity contribution in [2.24, 2.45) is 0 Å². The Hall–Kier alpha value is -1.69. The van der Waals surface area contributed by atoms with Crippen LogP contribution in [0.2, 0.25) is 0 Å². The Morgan fingerprint density at radius 3 is 2.87 bits per heavy atom. The highest BCUT2D eigenvalue weighted by molar-refractivity contribution is 5.85. The number of aromatic nitrogens is 1. The standard InChI is InChI=1S/C8H12N4O2.ClH/c1-2-12(8(13)14)11-7-6(9)4-3-5-10-7;/h3-5H,2,9H2,1H3,(H,10,11)(H,13,14);1H. The highest BCUT2D eigenvalue weighted by Crippen LogP contribution is 2.13. The molecule has 0 fully saturated rings. The van der Waals surface area contributed by atoms with Gasteiger partial charge in [0.25, 0.3) is 0 Å². The van der Waals surface area contributed by atoms with Crippen LogP contribution in [0.25, 0.3) is 0 Å². The lowest BCUT2D eigenvalue weighted by Gasteiger charge is -2.19. The van der Waals surface area contributed by atoms with E-state index in [0.717, 1.165) is 5.01 Å². The number of carboxylic acid groups (broad SMARTS) is 1. The maximum atomic E-state index is 10.6. The maximum absolute atomic E-state index is 10.6. The average molecular weight is 233 g/mol. The first kappa shape index (κ1) is 13.3. The number of nitrogens with one attached hydrogen (secondary N) is 1. The van der Waals surface area contributed by atoms with Crippen molar-refractivity contribution in [2.75, 3.05) is 17.7 Å². The minimum Gasteiger partial charge on any atom is -0.464 e. The Bertz CT molecular complexity index is 334. The molecule has 15 heavy (non-hydrogen) atoms. The van der Waals surface area contributed by atoms with Gasteiger partial charge in [0.05, 0.1) is 5.69 Å². The number of pyridine rings is 1. The van der Waals surface area contributed by atoms with E-state index in [1.54, 1.807) is 19.1 Å². The third-order valence-electron chi connectivity index (χ3n) is 1.63. The van der Waals surface area contributed by atoms with Crippen molar-refractivity contribution in [1.82, 2.24) is 9.99 Å². The van der Waals surface area contributed by atoms with E-state index in [-0.39, 0.29) is 12.4 Å². The van der Waals surface area contributed by atoms with Crippen molar-refractivity contribution in [3.05, 3.63) is 18.3 Å². The van der Waals surface area contributed by atoms with E-state index in [1.165, 1.54) is 6.20 Å². The van der Waals surface area contributed by atoms with Crippen LogP contribution in [0.3, 0.4) is 0 Å². The van der Waals surface area contributed by atoms with Gasteiger partial charge in [0, 0.05) is 12.7 Å². The molecule has 1 rings (SSSR count). The first-order valence-electron chi connectivity index (χ1n) is 4.12. The molecular formula is C8H13ClN4O2. The molecule has 1 heterocycles. The summed E-state index contributed by atoms with van der Waals surface area (Å²) < 4.78 is 0. The van der Waals surface area contributed by atoms with Gasteiger partial charge < -0.3 is 10.8 Å². The molecule has 0 bridgehead atoms. The van der Waals surface area contributed by atoms with Gasteiger partial charge in [0.2, 0.25) is 0 Å². The number of carbonyl (C=O) groups is 1. The lowest BCUT2D eigenvalue weighted by molar-refractivity contribution is 0.157. The molecule has 4 N–H and O–H groups in total. The second-order valence-corrected chi connectivity index (χ2v) is 2.58. The number of anilines is 2. The van der Waals surface area contributed by atoms with E-state index in [0.29, 0.717) is 18.1 Å². The van der Waals surface area contributed by atoms with Crippen molar-refractivity contribution in [1.29, 1.82) is 0 Å². The first-order valence-corrected chi connectivity index (χ1v) is 4.12. The highest BCUT2D eigenvalue weighted by Gasteiger charge is 2.10. The Kier molecular flexibility index (Phi) is 5.25. The van der Waals surface area contributed by atoms with E-state index >= 15 is 0 Å². The number of amides is 1. The molecule has 84 valence electrons. The summed E-state index contributed by atoms with van der Waals surface area (Å²) in [6.07, 6.45) is 0.464. The first-order chi connectivity index (χ1) is 6.65. The Morgan fingerprint density at radius 1 is 1.73 bits per heavy atom. The van der Waals surface area contributed by atoms with E-state index < -0.39 is 6.09 Å². The zero-order valence-corrected chi connectivity index (χ0v) is 8.99. The van der Waals surface area contributed by atoms with E-state index in [4.69, 9.17) is 10.8 Å². The molecule has 1 aromatic rings. The van der Waals surface area contributed by atoms with E-state index in [9.17, 15) is 4.79 Å². The van der Waals surface area contributed by atoms with Gasteiger partial charge in [-0.3, -0.25) is 5.43 Å². The summed E-state index contributed by atoms with van der Waals surface area (Å²) in [6.45, 7) is 2.02. The number of nitrogens with zero attached hydrogens (tertiary/aromatic N) is 2. The number of hydrogen-bond acceptors (Lipinski definition) is 4. The molecule has 0 saturated heterocycles. The minimum absolute atomic E-state index is 0. The Balaban J connectivity index is 0.00000196. The monoisotopic (exact) mass is 232 g/mol. The summed E-state index contributed by atoms with van der Waals surface area (Å²) in [7, 11) is 0. The van der Waals surface area contributed by atoms with Crippen molar-refractivity contribution < 1.29 is 9.90 Å². The number of nitrogens with two attached hydrogens (primary N) is 1. The van der Waals surface area contributed by atoms with Crippen LogP contribution in [0, 0.1) is 0 Å². The molecule has 0 radical (unpaired) electrons. The lowest BCUT2D eigenvalue weighted by atomic mass is 10.4. The van der Waals surface area contributed by atoms with E-state index in [1.807, 2.05) is 0 Å². The second kappa shape index (κ2) is 5.92. The molecule has 7 heteroatoms. The largest absolute Gasteiger partial charge is 0.464 e. The van der Waals surface area contributed by atoms with Crippen molar-refractivity contribution in [3.63, 3.8) is 0 Å². The number of nitrogen functional groups attached to an aromatic ring is 1. The van der Waals surface area contributed by atoms with Crippen molar-refractivity contribution >= 4 is 30.0 Å². The molecule has 0 atom stereocenters. The topological polar surface area (TPSA) is 91.5 Å². The number of halogens is 1. The molecule has 1 amide bonds. The predicted octanol–water partition coefficient (Wildman–Crippen LogP) is 1.41. The summed E-state index contributed by atoms with van der Waals surface area (Å²) in [4.78, 5) is 14.5. The fraction of sp³-hybridized carbons (Fsp3) is 0.250. The van der Waals surface area contributed by atoms with Crippen LogP contribution in [0.5, 0.6) is 0 Å². The average Bonchev–Trinajstić information content (AvgIpc) is 2.16. The van der Waals surface area contributed by atoms with Gasteiger partial charge in [0.15, 0.2) is 5.82 Å².